The highest BCUT2D eigenvalue weighted by Gasteiger charge is 2.17. The average Bonchev–Trinajstić information content (AvgIpc) is 3.31. The Morgan fingerprint density at radius 3 is 2.71 bits per heavy atom. The van der Waals surface area contributed by atoms with Crippen LogP contribution in [0.5, 0.6) is 5.75 Å². The Balaban J connectivity index is 1.72. The highest BCUT2D eigenvalue weighted by atomic mass is 16.5. The number of aromatic nitrogens is 3. The maximum atomic E-state index is 12.2. The second-order valence-electron chi connectivity index (χ2n) is 9.15. The van der Waals surface area contributed by atoms with Crippen LogP contribution >= 0.6 is 0 Å². The molecule has 0 atom stereocenters. The van der Waals surface area contributed by atoms with E-state index in [0.717, 1.165) is 35.2 Å². The molecule has 0 saturated heterocycles. The molecule has 4 aromatic rings. The maximum Gasteiger partial charge on any atom is 0.247 e. The molecule has 0 radical (unpaired) electrons. The Bertz CT molecular complexity index is 1520. The van der Waals surface area contributed by atoms with Crippen molar-refractivity contribution < 1.29 is 9.53 Å². The molecule has 1 N–H and O–H groups in total. The predicted molar refractivity (Wildman–Crippen MR) is 150 cm³/mol. The second kappa shape index (κ2) is 11.6. The number of anilines is 2. The third kappa shape index (κ3) is 5.66. The minimum atomic E-state index is -0.297. The molecule has 2 aromatic carbocycles. The molecule has 4 rings (SSSR count). The fourth-order valence-corrected chi connectivity index (χ4v) is 4.25. The van der Waals surface area contributed by atoms with E-state index in [4.69, 9.17) is 9.72 Å². The van der Waals surface area contributed by atoms with Gasteiger partial charge in [0.05, 0.1) is 29.6 Å². The predicted octanol–water partition coefficient (Wildman–Crippen LogP) is 4.01. The molecule has 38 heavy (non-hydrogen) atoms. The van der Waals surface area contributed by atoms with Gasteiger partial charge in [-0.25, -0.2) is 9.97 Å². The van der Waals surface area contributed by atoms with E-state index < -0.39 is 0 Å². The van der Waals surface area contributed by atoms with Crippen LogP contribution in [0.25, 0.3) is 16.7 Å². The standard InChI is InChI=1S/C29H31N7O2/c1-6-29(37)32-23-15-20(26(38-5)17-25(23)35(4)14-13-34(2)3)16-27-31-12-11-28(33-27)36-19-21(18-30)22-9-7-8-10-24(22)36/h6-12,15,17,19H,1,13-14,16H2,2-5H3,(H,32,37). The zero-order valence-corrected chi connectivity index (χ0v) is 22.1. The molecule has 194 valence electrons. The molecule has 1 amide bonds. The van der Waals surface area contributed by atoms with Crippen LogP contribution in [0.2, 0.25) is 0 Å². The minimum Gasteiger partial charge on any atom is -0.496 e. The lowest BCUT2D eigenvalue weighted by Crippen LogP contribution is -2.29. The molecule has 0 aliphatic heterocycles. The van der Waals surface area contributed by atoms with Crippen LogP contribution in [-0.2, 0) is 11.2 Å². The molecule has 0 fully saturated rings. The number of nitriles is 1. The summed E-state index contributed by atoms with van der Waals surface area (Å²) in [5.41, 5.74) is 3.78. The topological polar surface area (TPSA) is 99.3 Å². The first-order valence-corrected chi connectivity index (χ1v) is 12.2. The van der Waals surface area contributed by atoms with E-state index in [0.29, 0.717) is 35.1 Å². The summed E-state index contributed by atoms with van der Waals surface area (Å²) in [5.74, 6) is 1.61. The largest absolute Gasteiger partial charge is 0.496 e. The van der Waals surface area contributed by atoms with E-state index in [1.165, 1.54) is 6.08 Å². The van der Waals surface area contributed by atoms with E-state index in [1.54, 1.807) is 19.5 Å². The molecular formula is C29H31N7O2. The number of likely N-dealkylation sites (N-methyl/N-ethyl adjacent to an activating group) is 2. The van der Waals surface area contributed by atoms with Crippen molar-refractivity contribution in [3.05, 3.63) is 84.5 Å². The van der Waals surface area contributed by atoms with Crippen molar-refractivity contribution in [1.29, 1.82) is 5.26 Å². The lowest BCUT2D eigenvalue weighted by molar-refractivity contribution is -0.111. The fourth-order valence-electron chi connectivity index (χ4n) is 4.25. The first-order chi connectivity index (χ1) is 18.3. The fraction of sp³-hybridized carbons (Fsp3) is 0.241. The summed E-state index contributed by atoms with van der Waals surface area (Å²) in [4.78, 5) is 25.7. The normalized spacial score (nSPS) is 10.8. The Labute approximate surface area is 222 Å². The van der Waals surface area contributed by atoms with Gasteiger partial charge in [0, 0.05) is 56.0 Å². The van der Waals surface area contributed by atoms with Crippen molar-refractivity contribution >= 4 is 28.2 Å². The number of para-hydroxylation sites is 1. The number of fused-ring (bicyclic) bond motifs is 1. The molecule has 0 aliphatic carbocycles. The van der Waals surface area contributed by atoms with Crippen molar-refractivity contribution in [3.8, 4) is 17.6 Å². The van der Waals surface area contributed by atoms with Gasteiger partial charge in [-0.2, -0.15) is 5.26 Å². The summed E-state index contributed by atoms with van der Waals surface area (Å²) in [6.45, 7) is 5.19. The van der Waals surface area contributed by atoms with Gasteiger partial charge in [0.1, 0.15) is 23.5 Å². The minimum absolute atomic E-state index is 0.297. The first-order valence-electron chi connectivity index (χ1n) is 12.2. The quantitative estimate of drug-likeness (QED) is 0.323. The van der Waals surface area contributed by atoms with Crippen LogP contribution in [0.1, 0.15) is 17.0 Å². The number of carbonyl (C=O) groups excluding carboxylic acids is 1. The summed E-state index contributed by atoms with van der Waals surface area (Å²) in [6, 6.07) is 15.6. The summed E-state index contributed by atoms with van der Waals surface area (Å²) in [5, 5.41) is 13.4. The molecule has 0 bridgehead atoms. The Hall–Kier alpha value is -4.68. The average molecular weight is 510 g/mol. The number of nitrogens with zero attached hydrogens (tertiary/aromatic N) is 6. The molecule has 0 aliphatic rings. The smallest absolute Gasteiger partial charge is 0.247 e. The van der Waals surface area contributed by atoms with Gasteiger partial charge in [0.15, 0.2) is 0 Å². The van der Waals surface area contributed by atoms with E-state index in [9.17, 15) is 10.1 Å². The van der Waals surface area contributed by atoms with Gasteiger partial charge in [-0.3, -0.25) is 9.36 Å². The summed E-state index contributed by atoms with van der Waals surface area (Å²) < 4.78 is 7.64. The van der Waals surface area contributed by atoms with Gasteiger partial charge in [-0.15, -0.1) is 0 Å². The monoisotopic (exact) mass is 509 g/mol. The number of hydrogen-bond donors (Lipinski definition) is 1. The Morgan fingerprint density at radius 1 is 1.21 bits per heavy atom. The number of nitrogens with one attached hydrogen (secondary N) is 1. The molecule has 0 spiro atoms. The molecule has 9 heteroatoms. The lowest BCUT2D eigenvalue weighted by atomic mass is 10.1. The van der Waals surface area contributed by atoms with Crippen LogP contribution in [0.3, 0.4) is 0 Å². The molecule has 2 heterocycles. The van der Waals surface area contributed by atoms with Crippen LogP contribution in [0.15, 0.2) is 67.5 Å². The Morgan fingerprint density at radius 2 is 2.00 bits per heavy atom. The van der Waals surface area contributed by atoms with Gasteiger partial charge in [0.25, 0.3) is 0 Å². The molecule has 0 saturated carbocycles. The zero-order valence-electron chi connectivity index (χ0n) is 22.1. The van der Waals surface area contributed by atoms with E-state index >= 15 is 0 Å². The molecule has 9 nitrogen and oxygen atoms in total. The van der Waals surface area contributed by atoms with Gasteiger partial charge in [-0.1, -0.05) is 24.8 Å². The van der Waals surface area contributed by atoms with Crippen LogP contribution in [-0.4, -0.2) is 66.7 Å². The highest BCUT2D eigenvalue weighted by molar-refractivity contribution is 6.01. The number of carbonyl (C=O) groups is 1. The van der Waals surface area contributed by atoms with E-state index in [1.807, 2.05) is 68.2 Å². The number of rotatable bonds is 10. The molecular weight excluding hydrogens is 478 g/mol. The van der Waals surface area contributed by atoms with Gasteiger partial charge in [-0.05, 0) is 38.4 Å². The lowest BCUT2D eigenvalue weighted by Gasteiger charge is -2.25. The van der Waals surface area contributed by atoms with Crippen molar-refractivity contribution in [1.82, 2.24) is 19.4 Å². The van der Waals surface area contributed by atoms with Crippen molar-refractivity contribution in [2.45, 2.75) is 6.42 Å². The summed E-state index contributed by atoms with van der Waals surface area (Å²) in [7, 11) is 7.63. The number of methoxy groups -OCH3 is 1. The first kappa shape index (κ1) is 26.4. The summed E-state index contributed by atoms with van der Waals surface area (Å²) in [6.07, 6.45) is 5.12. The van der Waals surface area contributed by atoms with Gasteiger partial charge >= 0.3 is 0 Å². The number of ether oxygens (including phenoxy) is 1. The number of hydrogen-bond acceptors (Lipinski definition) is 7. The SMILES string of the molecule is C=CC(=O)Nc1cc(Cc2nccc(-n3cc(C#N)c4ccccc43)n2)c(OC)cc1N(C)CCN(C)C. The molecule has 0 unspecified atom stereocenters. The van der Waals surface area contributed by atoms with Gasteiger partial charge in [0.2, 0.25) is 5.91 Å². The molecule has 2 aromatic heterocycles. The van der Waals surface area contributed by atoms with E-state index in [-0.39, 0.29) is 5.91 Å². The second-order valence-corrected chi connectivity index (χ2v) is 9.15. The van der Waals surface area contributed by atoms with Crippen molar-refractivity contribution in [3.63, 3.8) is 0 Å². The number of benzene rings is 2. The maximum absolute atomic E-state index is 12.2. The van der Waals surface area contributed by atoms with Crippen molar-refractivity contribution in [2.75, 3.05) is 51.6 Å². The third-order valence-electron chi connectivity index (χ3n) is 6.25. The zero-order chi connectivity index (χ0) is 27.2. The van der Waals surface area contributed by atoms with Crippen LogP contribution < -0.4 is 15.0 Å². The van der Waals surface area contributed by atoms with Gasteiger partial charge < -0.3 is 19.9 Å². The van der Waals surface area contributed by atoms with Crippen LogP contribution in [0.4, 0.5) is 11.4 Å². The Kier molecular flexibility index (Phi) is 8.04. The highest BCUT2D eigenvalue weighted by Crippen LogP contribution is 2.34. The third-order valence-corrected chi connectivity index (χ3v) is 6.25. The summed E-state index contributed by atoms with van der Waals surface area (Å²) >= 11 is 0. The van der Waals surface area contributed by atoms with Crippen LogP contribution in [0, 0.1) is 11.3 Å². The van der Waals surface area contributed by atoms with E-state index in [2.05, 4.69) is 32.7 Å². The number of amides is 1. The van der Waals surface area contributed by atoms with Crippen molar-refractivity contribution in [2.24, 2.45) is 0 Å².